The summed E-state index contributed by atoms with van der Waals surface area (Å²) in [5, 5.41) is 12.2. The Hall–Kier alpha value is -1.63. The number of aryl methyl sites for hydroxylation is 2. The molecule has 1 saturated heterocycles. The van der Waals surface area contributed by atoms with Crippen LogP contribution in [0.5, 0.6) is 0 Å². The molecule has 7 heteroatoms. The molecule has 2 N–H and O–H groups in total. The number of carbonyl (C=O) groups is 2. The van der Waals surface area contributed by atoms with E-state index in [1.54, 1.807) is 4.90 Å². The summed E-state index contributed by atoms with van der Waals surface area (Å²) >= 11 is 1.47. The number of likely N-dealkylation sites (tertiary alicyclic amines) is 1. The zero-order chi connectivity index (χ0) is 14.7. The molecule has 0 spiro atoms. The van der Waals surface area contributed by atoms with Gasteiger partial charge in [-0.25, -0.2) is 9.78 Å². The number of nitrogens with zero attached hydrogens (tertiary/aromatic N) is 2. The number of nitrogens with one attached hydrogen (secondary N) is 1. The van der Waals surface area contributed by atoms with Gasteiger partial charge in [-0.3, -0.25) is 10.1 Å². The quantitative estimate of drug-likeness (QED) is 0.898. The van der Waals surface area contributed by atoms with Crippen molar-refractivity contribution in [1.82, 2.24) is 9.88 Å². The Morgan fingerprint density at radius 1 is 1.40 bits per heavy atom. The smallest absolute Gasteiger partial charge is 0.323 e. The fourth-order valence-corrected chi connectivity index (χ4v) is 3.09. The lowest BCUT2D eigenvalue weighted by Crippen LogP contribution is -2.41. The van der Waals surface area contributed by atoms with Crippen LogP contribution >= 0.6 is 11.3 Å². The van der Waals surface area contributed by atoms with Crippen molar-refractivity contribution in [3.8, 4) is 0 Å². The molecule has 0 aliphatic carbocycles. The van der Waals surface area contributed by atoms with E-state index < -0.39 is 5.97 Å². The van der Waals surface area contributed by atoms with E-state index in [4.69, 9.17) is 5.11 Å². The maximum Gasteiger partial charge on any atom is 0.323 e. The second-order valence-corrected chi connectivity index (χ2v) is 6.32. The number of thiazole rings is 1. The van der Waals surface area contributed by atoms with E-state index in [-0.39, 0.29) is 18.4 Å². The highest BCUT2D eigenvalue weighted by molar-refractivity contribution is 7.15. The Kier molecular flexibility index (Phi) is 4.59. The number of hydrogen-bond acceptors (Lipinski definition) is 4. The molecule has 20 heavy (non-hydrogen) atoms. The van der Waals surface area contributed by atoms with E-state index in [2.05, 4.69) is 10.3 Å². The third-order valence-electron chi connectivity index (χ3n) is 3.61. The highest BCUT2D eigenvalue weighted by Gasteiger charge is 2.24. The SMILES string of the molecule is Cc1nc(NC(=O)N2CCC(CC(=O)O)CC2)sc1C. The lowest BCUT2D eigenvalue weighted by atomic mass is 9.94. The number of carboxylic acid groups (broad SMARTS) is 1. The minimum atomic E-state index is -0.762. The summed E-state index contributed by atoms with van der Waals surface area (Å²) in [5.74, 6) is -0.581. The van der Waals surface area contributed by atoms with Gasteiger partial charge in [-0.15, -0.1) is 11.3 Å². The molecule has 2 heterocycles. The molecule has 1 aromatic rings. The minimum absolute atomic E-state index is 0.146. The number of urea groups is 1. The van der Waals surface area contributed by atoms with Crippen LogP contribution in [0.25, 0.3) is 0 Å². The molecule has 0 aromatic carbocycles. The molecule has 1 aromatic heterocycles. The van der Waals surface area contributed by atoms with Crippen molar-refractivity contribution in [1.29, 1.82) is 0 Å². The van der Waals surface area contributed by atoms with Crippen molar-refractivity contribution >= 4 is 28.5 Å². The van der Waals surface area contributed by atoms with Gasteiger partial charge in [-0.1, -0.05) is 0 Å². The maximum absolute atomic E-state index is 12.1. The number of carboxylic acids is 1. The number of amides is 2. The van der Waals surface area contributed by atoms with Gasteiger partial charge in [0.05, 0.1) is 5.69 Å². The minimum Gasteiger partial charge on any atom is -0.481 e. The van der Waals surface area contributed by atoms with Crippen LogP contribution in [0.15, 0.2) is 0 Å². The number of carbonyl (C=O) groups excluding carboxylic acids is 1. The van der Waals surface area contributed by atoms with Crippen molar-refractivity contribution in [2.24, 2.45) is 5.92 Å². The average molecular weight is 297 g/mol. The van der Waals surface area contributed by atoms with Crippen LogP contribution < -0.4 is 5.32 Å². The van der Waals surface area contributed by atoms with Gasteiger partial charge in [0.2, 0.25) is 0 Å². The molecular formula is C13H19N3O3S. The number of aliphatic carboxylic acids is 1. The molecule has 1 aliphatic rings. The summed E-state index contributed by atoms with van der Waals surface area (Å²) < 4.78 is 0. The van der Waals surface area contributed by atoms with Gasteiger partial charge in [0, 0.05) is 24.4 Å². The van der Waals surface area contributed by atoms with Gasteiger partial charge in [0.25, 0.3) is 0 Å². The zero-order valence-electron chi connectivity index (χ0n) is 11.7. The predicted molar refractivity (Wildman–Crippen MR) is 77.2 cm³/mol. The summed E-state index contributed by atoms with van der Waals surface area (Å²) in [5.41, 5.74) is 0.936. The van der Waals surface area contributed by atoms with Crippen LogP contribution in [0.3, 0.4) is 0 Å². The molecular weight excluding hydrogens is 278 g/mol. The number of anilines is 1. The molecule has 0 saturated carbocycles. The highest BCUT2D eigenvalue weighted by atomic mass is 32.1. The molecule has 110 valence electrons. The average Bonchev–Trinajstić information content (AvgIpc) is 2.68. The molecule has 0 radical (unpaired) electrons. The van der Waals surface area contributed by atoms with Crippen molar-refractivity contribution in [2.45, 2.75) is 33.1 Å². The Bertz CT molecular complexity index is 487. The molecule has 6 nitrogen and oxygen atoms in total. The number of piperidine rings is 1. The van der Waals surface area contributed by atoms with Crippen molar-refractivity contribution in [3.05, 3.63) is 10.6 Å². The standard InChI is InChI=1S/C13H19N3O3S/c1-8-9(2)20-12(14-8)15-13(19)16-5-3-10(4-6-16)7-11(17)18/h10H,3-7H2,1-2H3,(H,17,18)(H,14,15,19). The Labute approximate surface area is 121 Å². The van der Waals surface area contributed by atoms with E-state index in [0.717, 1.165) is 23.4 Å². The predicted octanol–water partition coefficient (Wildman–Crippen LogP) is 2.48. The van der Waals surface area contributed by atoms with Crippen molar-refractivity contribution in [2.75, 3.05) is 18.4 Å². The topological polar surface area (TPSA) is 82.5 Å². The first-order chi connectivity index (χ1) is 9.45. The molecule has 0 unspecified atom stereocenters. The fourth-order valence-electron chi connectivity index (χ4n) is 2.28. The highest BCUT2D eigenvalue weighted by Crippen LogP contribution is 2.23. The van der Waals surface area contributed by atoms with E-state index in [1.165, 1.54) is 11.3 Å². The summed E-state index contributed by atoms with van der Waals surface area (Å²) in [4.78, 5) is 29.8. The van der Waals surface area contributed by atoms with Crippen molar-refractivity contribution < 1.29 is 14.7 Å². The number of hydrogen-bond donors (Lipinski definition) is 2. The van der Waals surface area contributed by atoms with E-state index in [1.807, 2.05) is 13.8 Å². The number of rotatable bonds is 3. The summed E-state index contributed by atoms with van der Waals surface area (Å²) in [6.45, 7) is 5.10. The summed E-state index contributed by atoms with van der Waals surface area (Å²) in [7, 11) is 0. The van der Waals surface area contributed by atoms with Crippen LogP contribution in [0.4, 0.5) is 9.93 Å². The number of aromatic nitrogens is 1. The van der Waals surface area contributed by atoms with Crippen LogP contribution in [-0.2, 0) is 4.79 Å². The lowest BCUT2D eigenvalue weighted by Gasteiger charge is -2.31. The second kappa shape index (κ2) is 6.21. The van der Waals surface area contributed by atoms with Crippen LogP contribution in [-0.4, -0.2) is 40.1 Å². The monoisotopic (exact) mass is 297 g/mol. The second-order valence-electron chi connectivity index (χ2n) is 5.12. The van der Waals surface area contributed by atoms with Gasteiger partial charge in [-0.05, 0) is 32.6 Å². The molecule has 0 bridgehead atoms. The first-order valence-corrected chi connectivity index (χ1v) is 7.49. The van der Waals surface area contributed by atoms with Crippen LogP contribution in [0.1, 0.15) is 29.8 Å². The summed E-state index contributed by atoms with van der Waals surface area (Å²) in [6, 6.07) is -0.146. The molecule has 2 rings (SSSR count). The maximum atomic E-state index is 12.1. The fraction of sp³-hybridized carbons (Fsp3) is 0.615. The van der Waals surface area contributed by atoms with Gasteiger partial charge in [-0.2, -0.15) is 0 Å². The van der Waals surface area contributed by atoms with Gasteiger partial charge in [0.1, 0.15) is 0 Å². The third-order valence-corrected chi connectivity index (χ3v) is 4.60. The van der Waals surface area contributed by atoms with E-state index >= 15 is 0 Å². The molecule has 1 aliphatic heterocycles. The Balaban J connectivity index is 1.84. The van der Waals surface area contributed by atoms with Crippen LogP contribution in [0, 0.1) is 19.8 Å². The van der Waals surface area contributed by atoms with Crippen molar-refractivity contribution in [3.63, 3.8) is 0 Å². The van der Waals surface area contributed by atoms with E-state index in [9.17, 15) is 9.59 Å². The first-order valence-electron chi connectivity index (χ1n) is 6.67. The summed E-state index contributed by atoms with van der Waals surface area (Å²) in [6.07, 6.45) is 1.69. The van der Waals surface area contributed by atoms with Crippen LogP contribution in [0.2, 0.25) is 0 Å². The lowest BCUT2D eigenvalue weighted by molar-refractivity contribution is -0.138. The van der Waals surface area contributed by atoms with E-state index in [0.29, 0.717) is 18.2 Å². The Morgan fingerprint density at radius 2 is 2.05 bits per heavy atom. The largest absolute Gasteiger partial charge is 0.481 e. The molecule has 0 atom stereocenters. The van der Waals surface area contributed by atoms with Gasteiger partial charge < -0.3 is 10.0 Å². The van der Waals surface area contributed by atoms with Gasteiger partial charge >= 0.3 is 12.0 Å². The Morgan fingerprint density at radius 3 is 2.55 bits per heavy atom. The molecule has 2 amide bonds. The zero-order valence-corrected chi connectivity index (χ0v) is 12.5. The first kappa shape index (κ1) is 14.8. The van der Waals surface area contributed by atoms with Gasteiger partial charge in [0.15, 0.2) is 5.13 Å². The third kappa shape index (κ3) is 3.69. The molecule has 1 fully saturated rings. The normalized spacial score (nSPS) is 16.2.